The number of nitrogens with one attached hydrogen (secondary N) is 1. The molecule has 29 heavy (non-hydrogen) atoms. The number of benzene rings is 2. The van der Waals surface area contributed by atoms with Crippen molar-refractivity contribution in [1.82, 2.24) is 15.0 Å². The molecular weight excluding hydrogens is 366 g/mol. The van der Waals surface area contributed by atoms with E-state index in [4.69, 9.17) is 21.0 Å². The van der Waals surface area contributed by atoms with Gasteiger partial charge in [-0.25, -0.2) is 0 Å². The standard InChI is InChI=1S/C21H17N7O/c1-13-10-16(4-3-9-22)11-14(2)18(13)29-21-27-19(24)26-20(28-21)25-17-7-5-15(12-23)6-8-17/h3-8,10-11H,1-2H3,(H3,24,25,26,27,28)/b4-3-. The second-order valence-corrected chi connectivity index (χ2v) is 6.16. The Bertz CT molecular complexity index is 1130. The average Bonchev–Trinajstić information content (AvgIpc) is 2.69. The fourth-order valence-corrected chi connectivity index (χ4v) is 2.70. The van der Waals surface area contributed by atoms with Crippen molar-refractivity contribution >= 4 is 23.7 Å². The van der Waals surface area contributed by atoms with Gasteiger partial charge in [-0.05, 0) is 73.0 Å². The van der Waals surface area contributed by atoms with Crippen molar-refractivity contribution in [2.45, 2.75) is 13.8 Å². The van der Waals surface area contributed by atoms with Crippen LogP contribution in [0.1, 0.15) is 22.3 Å². The van der Waals surface area contributed by atoms with Crippen LogP contribution in [0.25, 0.3) is 6.08 Å². The number of nitrogens with zero attached hydrogens (tertiary/aromatic N) is 5. The SMILES string of the molecule is Cc1cc(/C=C\C#N)cc(C)c1Oc1nc(N)nc(Nc2ccc(C#N)cc2)n1. The summed E-state index contributed by atoms with van der Waals surface area (Å²) in [4.78, 5) is 12.4. The van der Waals surface area contributed by atoms with Crippen LogP contribution in [0.2, 0.25) is 0 Å². The van der Waals surface area contributed by atoms with E-state index in [2.05, 4.69) is 26.3 Å². The van der Waals surface area contributed by atoms with Crippen LogP contribution < -0.4 is 15.8 Å². The summed E-state index contributed by atoms with van der Waals surface area (Å²) in [5.41, 5.74) is 9.67. The zero-order valence-corrected chi connectivity index (χ0v) is 15.8. The molecule has 3 rings (SSSR count). The van der Waals surface area contributed by atoms with E-state index in [1.807, 2.05) is 32.0 Å². The second kappa shape index (κ2) is 8.51. The maximum Gasteiger partial charge on any atom is 0.328 e. The molecule has 3 N–H and O–H groups in total. The van der Waals surface area contributed by atoms with Crippen molar-refractivity contribution in [3.63, 3.8) is 0 Å². The molecule has 2 aromatic carbocycles. The zero-order valence-electron chi connectivity index (χ0n) is 15.8. The summed E-state index contributed by atoms with van der Waals surface area (Å²) in [6.45, 7) is 3.79. The number of ether oxygens (including phenoxy) is 1. The lowest BCUT2D eigenvalue weighted by Gasteiger charge is -2.12. The first-order valence-corrected chi connectivity index (χ1v) is 8.62. The van der Waals surface area contributed by atoms with E-state index in [9.17, 15) is 0 Å². The Kier molecular flexibility index (Phi) is 5.67. The number of hydrogen-bond donors (Lipinski definition) is 2. The van der Waals surface area contributed by atoms with Crippen molar-refractivity contribution in [1.29, 1.82) is 10.5 Å². The largest absolute Gasteiger partial charge is 0.424 e. The van der Waals surface area contributed by atoms with Crippen molar-refractivity contribution in [2.24, 2.45) is 0 Å². The molecule has 8 heteroatoms. The molecule has 0 aliphatic heterocycles. The van der Waals surface area contributed by atoms with Gasteiger partial charge in [0, 0.05) is 11.8 Å². The summed E-state index contributed by atoms with van der Waals surface area (Å²) < 4.78 is 5.88. The lowest BCUT2D eigenvalue weighted by molar-refractivity contribution is 0.435. The molecule has 3 aromatic rings. The predicted molar refractivity (Wildman–Crippen MR) is 109 cm³/mol. The van der Waals surface area contributed by atoms with E-state index in [1.165, 1.54) is 6.08 Å². The van der Waals surface area contributed by atoms with Gasteiger partial charge in [0.25, 0.3) is 0 Å². The fraction of sp³-hybridized carbons (Fsp3) is 0.0952. The van der Waals surface area contributed by atoms with Gasteiger partial charge < -0.3 is 15.8 Å². The molecule has 1 aromatic heterocycles. The summed E-state index contributed by atoms with van der Waals surface area (Å²) >= 11 is 0. The van der Waals surface area contributed by atoms with Crippen LogP contribution in [0.5, 0.6) is 11.8 Å². The van der Waals surface area contributed by atoms with Crippen LogP contribution in [0.4, 0.5) is 17.6 Å². The van der Waals surface area contributed by atoms with E-state index in [0.29, 0.717) is 17.0 Å². The number of nitrogens with two attached hydrogens (primary N) is 1. The number of rotatable bonds is 5. The highest BCUT2D eigenvalue weighted by Crippen LogP contribution is 2.29. The zero-order chi connectivity index (χ0) is 20.8. The molecule has 0 bridgehead atoms. The number of nitrogen functional groups attached to an aromatic ring is 1. The highest BCUT2D eigenvalue weighted by molar-refractivity contribution is 5.58. The summed E-state index contributed by atoms with van der Waals surface area (Å²) in [6.07, 6.45) is 3.15. The van der Waals surface area contributed by atoms with Crippen molar-refractivity contribution in [3.8, 4) is 23.9 Å². The van der Waals surface area contributed by atoms with Gasteiger partial charge in [0.15, 0.2) is 0 Å². The fourth-order valence-electron chi connectivity index (χ4n) is 2.70. The van der Waals surface area contributed by atoms with Crippen LogP contribution >= 0.6 is 0 Å². The summed E-state index contributed by atoms with van der Waals surface area (Å²) in [5.74, 6) is 0.838. The normalized spacial score (nSPS) is 10.3. The highest BCUT2D eigenvalue weighted by atomic mass is 16.5. The van der Waals surface area contributed by atoms with Gasteiger partial charge in [0.2, 0.25) is 11.9 Å². The van der Waals surface area contributed by atoms with E-state index in [1.54, 1.807) is 30.3 Å². The number of aryl methyl sites for hydroxylation is 2. The molecule has 0 unspecified atom stereocenters. The molecule has 0 atom stereocenters. The number of allylic oxidation sites excluding steroid dienone is 1. The second-order valence-electron chi connectivity index (χ2n) is 6.16. The van der Waals surface area contributed by atoms with Crippen LogP contribution in [-0.2, 0) is 0 Å². The molecule has 0 fully saturated rings. The molecule has 1 heterocycles. The summed E-state index contributed by atoms with van der Waals surface area (Å²) in [7, 11) is 0. The molecule has 142 valence electrons. The first kappa shape index (κ1) is 19.3. The van der Waals surface area contributed by atoms with E-state index < -0.39 is 0 Å². The molecular formula is C21H17N7O. The van der Waals surface area contributed by atoms with Gasteiger partial charge in [-0.3, -0.25) is 0 Å². The molecule has 0 saturated heterocycles. The Morgan fingerprint density at radius 2 is 1.72 bits per heavy atom. The minimum atomic E-state index is 0.00928. The number of hydrogen-bond acceptors (Lipinski definition) is 8. The Morgan fingerprint density at radius 3 is 2.34 bits per heavy atom. The van der Waals surface area contributed by atoms with E-state index >= 15 is 0 Å². The lowest BCUT2D eigenvalue weighted by atomic mass is 10.1. The van der Waals surface area contributed by atoms with Gasteiger partial charge in [-0.2, -0.15) is 25.5 Å². The minimum Gasteiger partial charge on any atom is -0.424 e. The smallest absolute Gasteiger partial charge is 0.328 e. The molecule has 0 saturated carbocycles. The van der Waals surface area contributed by atoms with Crippen molar-refractivity contribution in [3.05, 3.63) is 64.7 Å². The van der Waals surface area contributed by atoms with Gasteiger partial charge in [0.1, 0.15) is 5.75 Å². The quantitative estimate of drug-likeness (QED) is 0.631. The van der Waals surface area contributed by atoms with Gasteiger partial charge in [-0.1, -0.05) is 0 Å². The molecule has 8 nitrogen and oxygen atoms in total. The Morgan fingerprint density at radius 1 is 1.03 bits per heavy atom. The third-order valence-corrected chi connectivity index (χ3v) is 3.93. The van der Waals surface area contributed by atoms with Crippen molar-refractivity contribution in [2.75, 3.05) is 11.1 Å². The topological polar surface area (TPSA) is 134 Å². The average molecular weight is 383 g/mol. The predicted octanol–water partition coefficient (Wildman–Crippen LogP) is 4.02. The monoisotopic (exact) mass is 383 g/mol. The minimum absolute atomic E-state index is 0.00928. The third-order valence-electron chi connectivity index (χ3n) is 3.93. The lowest BCUT2D eigenvalue weighted by Crippen LogP contribution is -2.06. The Labute approximate surface area is 167 Å². The number of anilines is 3. The van der Waals surface area contributed by atoms with Gasteiger partial charge in [0.05, 0.1) is 17.7 Å². The number of nitriles is 2. The molecule has 0 aliphatic rings. The summed E-state index contributed by atoms with van der Waals surface area (Å²) in [6, 6.07) is 14.7. The first-order valence-electron chi connectivity index (χ1n) is 8.62. The van der Waals surface area contributed by atoms with Crippen LogP contribution in [0.3, 0.4) is 0 Å². The maximum atomic E-state index is 8.88. The molecule has 0 radical (unpaired) electrons. The maximum absolute atomic E-state index is 8.88. The van der Waals surface area contributed by atoms with E-state index in [0.717, 1.165) is 16.7 Å². The summed E-state index contributed by atoms with van der Waals surface area (Å²) in [5, 5.41) is 20.6. The first-order chi connectivity index (χ1) is 14.0. The Hall–Kier alpha value is -4.43. The third kappa shape index (κ3) is 4.85. The van der Waals surface area contributed by atoms with Crippen LogP contribution in [-0.4, -0.2) is 15.0 Å². The van der Waals surface area contributed by atoms with Crippen LogP contribution in [0, 0.1) is 36.5 Å². The highest BCUT2D eigenvalue weighted by Gasteiger charge is 2.12. The van der Waals surface area contributed by atoms with Gasteiger partial charge >= 0.3 is 6.01 Å². The Balaban J connectivity index is 1.86. The van der Waals surface area contributed by atoms with Crippen molar-refractivity contribution < 1.29 is 4.74 Å². The number of aromatic nitrogens is 3. The molecule has 0 aliphatic carbocycles. The van der Waals surface area contributed by atoms with E-state index in [-0.39, 0.29) is 17.9 Å². The molecule has 0 amide bonds. The molecule has 0 spiro atoms. The van der Waals surface area contributed by atoms with Crippen LogP contribution in [0.15, 0.2) is 42.5 Å². The van der Waals surface area contributed by atoms with Gasteiger partial charge in [-0.15, -0.1) is 0 Å².